The van der Waals surface area contributed by atoms with Crippen molar-refractivity contribution in [1.29, 1.82) is 0 Å². The molecule has 0 aromatic heterocycles. The Morgan fingerprint density at radius 1 is 1.46 bits per heavy atom. The third-order valence-electron chi connectivity index (χ3n) is 1.85. The van der Waals surface area contributed by atoms with Gasteiger partial charge in [0, 0.05) is 16.5 Å². The van der Waals surface area contributed by atoms with Gasteiger partial charge in [-0.15, -0.1) is 0 Å². The van der Waals surface area contributed by atoms with Gasteiger partial charge in [-0.3, -0.25) is 4.79 Å². The first-order valence-corrected chi connectivity index (χ1v) is 4.43. The number of ketones is 1. The number of carbonyl (C=O) groups excluding carboxylic acids is 1. The zero-order valence-corrected chi connectivity index (χ0v) is 8.08. The van der Waals surface area contributed by atoms with Crippen LogP contribution in [-0.2, 0) is 0 Å². The highest BCUT2D eigenvalue weighted by Crippen LogP contribution is 2.12. The molecule has 0 spiro atoms. The summed E-state index contributed by atoms with van der Waals surface area (Å²) < 4.78 is 0. The van der Waals surface area contributed by atoms with Crippen molar-refractivity contribution >= 4 is 17.4 Å². The Morgan fingerprint density at radius 3 is 2.46 bits per heavy atom. The first kappa shape index (κ1) is 10.2. The van der Waals surface area contributed by atoms with Crippen LogP contribution in [-0.4, -0.2) is 17.5 Å². The quantitative estimate of drug-likeness (QED) is 0.756. The second-order valence-electron chi connectivity index (χ2n) is 2.95. The van der Waals surface area contributed by atoms with Crippen LogP contribution in [0.25, 0.3) is 0 Å². The molecule has 0 saturated heterocycles. The minimum absolute atomic E-state index is 0.0563. The Balaban J connectivity index is 2.83. The van der Waals surface area contributed by atoms with E-state index in [1.807, 2.05) is 0 Å². The van der Waals surface area contributed by atoms with Gasteiger partial charge in [0.2, 0.25) is 0 Å². The highest BCUT2D eigenvalue weighted by molar-refractivity contribution is 6.30. The van der Waals surface area contributed by atoms with Crippen LogP contribution in [0.3, 0.4) is 0 Å². The third kappa shape index (κ3) is 2.54. The summed E-state index contributed by atoms with van der Waals surface area (Å²) in [7, 11) is 0. The number of halogens is 1. The molecule has 0 amide bonds. The average molecular weight is 199 g/mol. The summed E-state index contributed by atoms with van der Waals surface area (Å²) in [5.41, 5.74) is 0.589. The molecule has 1 unspecified atom stereocenters. The molecule has 2 nitrogen and oxygen atoms in total. The van der Waals surface area contributed by atoms with Gasteiger partial charge in [-0.2, -0.15) is 0 Å². The van der Waals surface area contributed by atoms with Crippen molar-refractivity contribution in [2.24, 2.45) is 5.92 Å². The van der Waals surface area contributed by atoms with Gasteiger partial charge in [0.05, 0.1) is 6.61 Å². The maximum Gasteiger partial charge on any atom is 0.167 e. The van der Waals surface area contributed by atoms with E-state index < -0.39 is 0 Å². The smallest absolute Gasteiger partial charge is 0.167 e. The number of rotatable bonds is 3. The van der Waals surface area contributed by atoms with Crippen LogP contribution in [0.2, 0.25) is 5.02 Å². The second kappa shape index (κ2) is 4.40. The van der Waals surface area contributed by atoms with Gasteiger partial charge in [0.15, 0.2) is 5.78 Å². The Hall–Kier alpha value is -0.860. The molecule has 1 rings (SSSR count). The highest BCUT2D eigenvalue weighted by atomic mass is 35.5. The topological polar surface area (TPSA) is 37.3 Å². The molecule has 1 atom stereocenters. The largest absolute Gasteiger partial charge is 0.396 e. The number of hydrogen-bond acceptors (Lipinski definition) is 2. The van der Waals surface area contributed by atoms with Gasteiger partial charge in [-0.05, 0) is 24.3 Å². The van der Waals surface area contributed by atoms with E-state index in [4.69, 9.17) is 16.7 Å². The fourth-order valence-electron chi connectivity index (χ4n) is 0.982. The zero-order chi connectivity index (χ0) is 9.84. The molecule has 0 fully saturated rings. The van der Waals surface area contributed by atoms with E-state index in [0.717, 1.165) is 0 Å². The molecule has 0 saturated carbocycles. The molecular formula is C10H11ClO2. The molecule has 0 bridgehead atoms. The van der Waals surface area contributed by atoms with Gasteiger partial charge in [-0.25, -0.2) is 0 Å². The van der Waals surface area contributed by atoms with Crippen LogP contribution in [0, 0.1) is 5.92 Å². The van der Waals surface area contributed by atoms with E-state index in [-0.39, 0.29) is 18.3 Å². The van der Waals surface area contributed by atoms with Crippen molar-refractivity contribution in [3.8, 4) is 0 Å². The summed E-state index contributed by atoms with van der Waals surface area (Å²) in [4.78, 5) is 11.5. The predicted octanol–water partition coefficient (Wildman–Crippen LogP) is 2.15. The van der Waals surface area contributed by atoms with Crippen LogP contribution < -0.4 is 0 Å². The highest BCUT2D eigenvalue weighted by Gasteiger charge is 2.13. The minimum atomic E-state index is -0.346. The van der Waals surface area contributed by atoms with E-state index in [2.05, 4.69) is 0 Å². The first-order valence-electron chi connectivity index (χ1n) is 4.05. The molecule has 0 aliphatic heterocycles. The first-order chi connectivity index (χ1) is 6.15. The number of Topliss-reactive ketones (excluding diaryl/α,β-unsaturated/α-hetero) is 1. The number of hydrogen-bond donors (Lipinski definition) is 1. The van der Waals surface area contributed by atoms with Gasteiger partial charge in [0.1, 0.15) is 0 Å². The molecule has 3 heteroatoms. The Kier molecular flexibility index (Phi) is 3.46. The second-order valence-corrected chi connectivity index (χ2v) is 3.39. The van der Waals surface area contributed by atoms with Crippen molar-refractivity contribution < 1.29 is 9.90 Å². The molecule has 0 aliphatic carbocycles. The van der Waals surface area contributed by atoms with Crippen molar-refractivity contribution in [2.75, 3.05) is 6.61 Å². The molecule has 1 aromatic carbocycles. The predicted molar refractivity (Wildman–Crippen MR) is 52.0 cm³/mol. The summed E-state index contributed by atoms with van der Waals surface area (Å²) in [6, 6.07) is 6.66. The number of aliphatic hydroxyl groups is 1. The van der Waals surface area contributed by atoms with Crippen LogP contribution in [0.15, 0.2) is 24.3 Å². The van der Waals surface area contributed by atoms with Gasteiger partial charge in [-0.1, -0.05) is 18.5 Å². The molecule has 70 valence electrons. The SMILES string of the molecule is CC(CO)C(=O)c1ccc(Cl)cc1. The lowest BCUT2D eigenvalue weighted by Crippen LogP contribution is -2.14. The Labute approximate surface area is 82.2 Å². The minimum Gasteiger partial charge on any atom is -0.396 e. The average Bonchev–Trinajstić information content (AvgIpc) is 2.17. The van der Waals surface area contributed by atoms with E-state index in [1.165, 1.54) is 0 Å². The normalized spacial score (nSPS) is 12.5. The number of aliphatic hydroxyl groups excluding tert-OH is 1. The van der Waals surface area contributed by atoms with Crippen molar-refractivity contribution in [1.82, 2.24) is 0 Å². The standard InChI is InChI=1S/C10H11ClO2/c1-7(6-12)10(13)8-2-4-9(11)5-3-8/h2-5,7,12H,6H2,1H3. The number of benzene rings is 1. The van der Waals surface area contributed by atoms with Crippen molar-refractivity contribution in [2.45, 2.75) is 6.92 Å². The number of carbonyl (C=O) groups is 1. The molecule has 1 aromatic rings. The van der Waals surface area contributed by atoms with Crippen LogP contribution in [0.4, 0.5) is 0 Å². The van der Waals surface area contributed by atoms with E-state index in [1.54, 1.807) is 31.2 Å². The lowest BCUT2D eigenvalue weighted by atomic mass is 10.0. The maximum absolute atomic E-state index is 11.5. The molecule has 0 heterocycles. The molecule has 13 heavy (non-hydrogen) atoms. The van der Waals surface area contributed by atoms with Crippen molar-refractivity contribution in [3.05, 3.63) is 34.9 Å². The summed E-state index contributed by atoms with van der Waals surface area (Å²) in [5, 5.41) is 9.38. The van der Waals surface area contributed by atoms with Crippen LogP contribution in [0.1, 0.15) is 17.3 Å². The van der Waals surface area contributed by atoms with E-state index >= 15 is 0 Å². The summed E-state index contributed by atoms with van der Waals surface area (Å²) >= 11 is 5.67. The Morgan fingerprint density at radius 2 is 2.00 bits per heavy atom. The zero-order valence-electron chi connectivity index (χ0n) is 7.33. The van der Waals surface area contributed by atoms with Gasteiger partial charge < -0.3 is 5.11 Å². The fraction of sp³-hybridized carbons (Fsp3) is 0.300. The fourth-order valence-corrected chi connectivity index (χ4v) is 1.11. The molecule has 0 radical (unpaired) electrons. The molecular weight excluding hydrogens is 188 g/mol. The Bertz CT molecular complexity index is 292. The van der Waals surface area contributed by atoms with E-state index in [0.29, 0.717) is 10.6 Å². The third-order valence-corrected chi connectivity index (χ3v) is 2.10. The summed E-state index contributed by atoms with van der Waals surface area (Å²) in [6.45, 7) is 1.57. The van der Waals surface area contributed by atoms with Crippen molar-refractivity contribution in [3.63, 3.8) is 0 Å². The molecule has 0 aliphatic rings. The van der Waals surface area contributed by atoms with E-state index in [9.17, 15) is 4.79 Å². The van der Waals surface area contributed by atoms with Gasteiger partial charge >= 0.3 is 0 Å². The summed E-state index contributed by atoms with van der Waals surface area (Å²) in [6.07, 6.45) is 0. The molecule has 1 N–H and O–H groups in total. The lowest BCUT2D eigenvalue weighted by molar-refractivity contribution is 0.0877. The van der Waals surface area contributed by atoms with Crippen LogP contribution in [0.5, 0.6) is 0 Å². The summed E-state index contributed by atoms with van der Waals surface area (Å²) in [5.74, 6) is -0.402. The monoisotopic (exact) mass is 198 g/mol. The maximum atomic E-state index is 11.5. The lowest BCUT2D eigenvalue weighted by Gasteiger charge is -2.05. The van der Waals surface area contributed by atoms with Gasteiger partial charge in [0.25, 0.3) is 0 Å². The van der Waals surface area contributed by atoms with Crippen LogP contribution >= 0.6 is 11.6 Å².